The van der Waals surface area contributed by atoms with Crippen molar-refractivity contribution in [3.8, 4) is 5.75 Å². The Morgan fingerprint density at radius 3 is 2.55 bits per heavy atom. The third-order valence-electron chi connectivity index (χ3n) is 4.04. The Balaban J connectivity index is 1.91. The molecule has 1 unspecified atom stereocenters. The van der Waals surface area contributed by atoms with Gasteiger partial charge in [-0.2, -0.15) is 4.98 Å². The molecule has 114 valence electrons. The van der Waals surface area contributed by atoms with E-state index in [-0.39, 0.29) is 5.91 Å². The van der Waals surface area contributed by atoms with Crippen LogP contribution >= 0.6 is 0 Å². The third-order valence-corrected chi connectivity index (χ3v) is 4.04. The van der Waals surface area contributed by atoms with Gasteiger partial charge in [-0.1, -0.05) is 12.1 Å². The topological polar surface area (TPSA) is 47.4 Å². The highest BCUT2D eigenvalue weighted by Gasteiger charge is 2.28. The third kappa shape index (κ3) is 2.91. The molecule has 1 aliphatic rings. The van der Waals surface area contributed by atoms with Crippen LogP contribution in [-0.4, -0.2) is 40.6 Å². The molecule has 5 heteroatoms. The molecule has 0 aliphatic carbocycles. The second kappa shape index (κ2) is 6.52. The molecule has 2 aromatic rings. The van der Waals surface area contributed by atoms with Gasteiger partial charge in [0.15, 0.2) is 0 Å². The van der Waals surface area contributed by atoms with Crippen molar-refractivity contribution in [3.63, 3.8) is 0 Å². The SMILES string of the molecule is COc1ccc(C(C(=O)N2CCCCC2)n2c#cnc2)cc1. The first-order chi connectivity index (χ1) is 10.8. The first-order valence-electron chi connectivity index (χ1n) is 7.54. The maximum absolute atomic E-state index is 13.0. The predicted octanol–water partition coefficient (Wildman–Crippen LogP) is 2.09. The predicted molar refractivity (Wildman–Crippen MR) is 81.5 cm³/mol. The van der Waals surface area contributed by atoms with Crippen molar-refractivity contribution in [2.45, 2.75) is 25.3 Å². The van der Waals surface area contributed by atoms with Crippen molar-refractivity contribution in [2.75, 3.05) is 20.2 Å². The number of carbonyl (C=O) groups is 1. The standard InChI is InChI=1S/C17H19N3O2/c1-22-15-7-5-14(6-8-15)16(20-12-9-18-13-20)17(21)19-10-3-2-4-11-19/h5-8,13,16H,2-4,10-11H2,1H3. The largest absolute Gasteiger partial charge is 0.497 e. The van der Waals surface area contributed by atoms with Crippen molar-refractivity contribution < 1.29 is 9.53 Å². The van der Waals surface area contributed by atoms with Gasteiger partial charge in [-0.3, -0.25) is 9.36 Å². The minimum Gasteiger partial charge on any atom is -0.497 e. The number of carbonyl (C=O) groups excluding carboxylic acids is 1. The van der Waals surface area contributed by atoms with E-state index in [9.17, 15) is 4.79 Å². The van der Waals surface area contributed by atoms with Crippen LogP contribution in [0.25, 0.3) is 0 Å². The molecule has 0 spiro atoms. The molecule has 1 fully saturated rings. The molecule has 1 aromatic heterocycles. The van der Waals surface area contributed by atoms with Gasteiger partial charge in [0, 0.05) is 19.3 Å². The molecule has 0 radical (unpaired) electrons. The van der Waals surface area contributed by atoms with Gasteiger partial charge in [-0.15, -0.1) is 0 Å². The lowest BCUT2D eigenvalue weighted by atomic mass is 10.0. The zero-order valence-corrected chi connectivity index (χ0v) is 12.7. The molecule has 0 N–H and O–H groups in total. The maximum atomic E-state index is 13.0. The summed E-state index contributed by atoms with van der Waals surface area (Å²) in [5, 5.41) is 0. The van der Waals surface area contributed by atoms with Crippen LogP contribution in [0, 0.1) is 12.4 Å². The summed E-state index contributed by atoms with van der Waals surface area (Å²) in [6, 6.07) is 7.12. The molecule has 5 nitrogen and oxygen atoms in total. The Morgan fingerprint density at radius 2 is 1.95 bits per heavy atom. The van der Waals surface area contributed by atoms with Gasteiger partial charge >= 0.3 is 0 Å². The van der Waals surface area contributed by atoms with Gasteiger partial charge in [0.1, 0.15) is 18.1 Å². The molecule has 22 heavy (non-hydrogen) atoms. The smallest absolute Gasteiger partial charge is 0.251 e. The van der Waals surface area contributed by atoms with E-state index in [0.717, 1.165) is 37.2 Å². The van der Waals surface area contributed by atoms with Crippen LogP contribution in [0.3, 0.4) is 0 Å². The molecule has 2 heterocycles. The molecule has 1 aliphatic heterocycles. The second-order valence-corrected chi connectivity index (χ2v) is 5.44. The Morgan fingerprint density at radius 1 is 1.23 bits per heavy atom. The minimum absolute atomic E-state index is 0.0903. The minimum atomic E-state index is -0.442. The number of hydrogen-bond acceptors (Lipinski definition) is 3. The van der Waals surface area contributed by atoms with Crippen LogP contribution in [0.15, 0.2) is 30.6 Å². The Hall–Kier alpha value is -2.48. The quantitative estimate of drug-likeness (QED) is 0.868. The summed E-state index contributed by atoms with van der Waals surface area (Å²) in [5.41, 5.74) is 0.902. The molecule has 1 atom stereocenters. The molecule has 1 aromatic carbocycles. The van der Waals surface area contributed by atoms with Crippen molar-refractivity contribution >= 4 is 5.91 Å². The van der Waals surface area contributed by atoms with Crippen molar-refractivity contribution in [1.82, 2.24) is 14.5 Å². The average Bonchev–Trinajstić information content (AvgIpc) is 3.10. The maximum Gasteiger partial charge on any atom is 0.251 e. The highest BCUT2D eigenvalue weighted by atomic mass is 16.5. The molecule has 0 bridgehead atoms. The Kier molecular flexibility index (Phi) is 4.29. The van der Waals surface area contributed by atoms with Crippen molar-refractivity contribution in [2.24, 2.45) is 0 Å². The fraction of sp³-hybridized carbons (Fsp3) is 0.412. The molecular formula is C17H19N3O2. The zero-order chi connectivity index (χ0) is 15.4. The first-order valence-corrected chi connectivity index (χ1v) is 7.54. The van der Waals surface area contributed by atoms with Gasteiger partial charge < -0.3 is 9.64 Å². The number of ether oxygens (including phenoxy) is 1. The normalized spacial score (nSPS) is 16.0. The Labute approximate surface area is 130 Å². The Bertz CT molecular complexity index is 601. The van der Waals surface area contributed by atoms with E-state index in [1.807, 2.05) is 29.2 Å². The summed E-state index contributed by atoms with van der Waals surface area (Å²) in [6.07, 6.45) is 10.5. The van der Waals surface area contributed by atoms with Gasteiger partial charge in [-0.25, -0.2) is 0 Å². The summed E-state index contributed by atoms with van der Waals surface area (Å²) in [5.74, 6) is 0.863. The number of piperidine rings is 1. The van der Waals surface area contributed by atoms with Crippen LogP contribution < -0.4 is 4.74 Å². The van der Waals surface area contributed by atoms with Crippen molar-refractivity contribution in [1.29, 1.82) is 0 Å². The summed E-state index contributed by atoms with van der Waals surface area (Å²) in [6.45, 7) is 1.65. The van der Waals surface area contributed by atoms with Gasteiger partial charge in [-0.05, 0) is 37.0 Å². The van der Waals surface area contributed by atoms with E-state index >= 15 is 0 Å². The van der Waals surface area contributed by atoms with E-state index in [1.54, 1.807) is 18.0 Å². The van der Waals surface area contributed by atoms with Crippen LogP contribution in [0.4, 0.5) is 0 Å². The average molecular weight is 297 g/mol. The number of hydrogen-bond donors (Lipinski definition) is 0. The highest BCUT2D eigenvalue weighted by molar-refractivity contribution is 5.83. The van der Waals surface area contributed by atoms with Crippen LogP contribution in [0.5, 0.6) is 5.75 Å². The van der Waals surface area contributed by atoms with Gasteiger partial charge in [0.05, 0.1) is 13.3 Å². The lowest BCUT2D eigenvalue weighted by Gasteiger charge is -2.30. The van der Waals surface area contributed by atoms with Crippen LogP contribution in [-0.2, 0) is 4.79 Å². The summed E-state index contributed by atoms with van der Waals surface area (Å²) >= 11 is 0. The fourth-order valence-electron chi connectivity index (χ4n) is 2.83. The number of methoxy groups -OCH3 is 1. The molecule has 1 amide bonds. The second-order valence-electron chi connectivity index (χ2n) is 5.44. The number of rotatable bonds is 4. The molecule has 0 saturated carbocycles. The number of likely N-dealkylation sites (tertiary alicyclic amines) is 1. The van der Waals surface area contributed by atoms with E-state index in [1.165, 1.54) is 6.42 Å². The zero-order valence-electron chi connectivity index (χ0n) is 12.7. The summed E-state index contributed by atoms with van der Waals surface area (Å²) in [4.78, 5) is 18.8. The molecular weight excluding hydrogens is 278 g/mol. The van der Waals surface area contributed by atoms with E-state index in [0.29, 0.717) is 0 Å². The molecule has 1 saturated heterocycles. The molecule has 3 rings (SSSR count). The van der Waals surface area contributed by atoms with Crippen LogP contribution in [0.1, 0.15) is 30.9 Å². The highest BCUT2D eigenvalue weighted by Crippen LogP contribution is 2.24. The van der Waals surface area contributed by atoms with Gasteiger partial charge in [0.25, 0.3) is 5.91 Å². The van der Waals surface area contributed by atoms with Crippen molar-refractivity contribution in [3.05, 3.63) is 48.5 Å². The number of aromatic nitrogens is 2. The van der Waals surface area contributed by atoms with E-state index in [4.69, 9.17) is 4.74 Å². The lowest BCUT2D eigenvalue weighted by Crippen LogP contribution is -2.40. The van der Waals surface area contributed by atoms with E-state index in [2.05, 4.69) is 17.4 Å². The summed E-state index contributed by atoms with van der Waals surface area (Å²) in [7, 11) is 1.63. The first kappa shape index (κ1) is 14.5. The fourth-order valence-corrected chi connectivity index (χ4v) is 2.83. The van der Waals surface area contributed by atoms with Crippen LogP contribution in [0.2, 0.25) is 0 Å². The number of benzene rings is 1. The summed E-state index contributed by atoms with van der Waals surface area (Å²) < 4.78 is 6.88. The lowest BCUT2D eigenvalue weighted by molar-refractivity contribution is -0.134. The van der Waals surface area contributed by atoms with E-state index < -0.39 is 6.04 Å². The number of amides is 1. The monoisotopic (exact) mass is 297 g/mol. The number of nitrogens with zero attached hydrogens (tertiary/aromatic N) is 3. The van der Waals surface area contributed by atoms with Gasteiger partial charge in [0.2, 0.25) is 0 Å².